The predicted octanol–water partition coefficient (Wildman–Crippen LogP) is 22.5. The number of fused-ring (bicyclic) bond motifs is 9. The summed E-state index contributed by atoms with van der Waals surface area (Å²) in [6, 6.07) is 95.3. The van der Waals surface area contributed by atoms with E-state index in [0.29, 0.717) is 88.3 Å². The molecule has 0 amide bonds. The summed E-state index contributed by atoms with van der Waals surface area (Å²) >= 11 is 0. The Morgan fingerprint density at radius 3 is 0.622 bits per heavy atom. The molecule has 0 spiro atoms. The number of benzene rings is 16. The van der Waals surface area contributed by atoms with E-state index in [1.807, 2.05) is 0 Å². The van der Waals surface area contributed by atoms with E-state index in [2.05, 4.69) is 273 Å². The molecular formula is C99H78O12. The SMILES string of the molecule is COc1cc2c3cc1OCCOc1ccc4ccccc4c1-c1c(ccc4ccccc14)OCc1cc4cc(c1)COc1ccc5ccccc5c1-c1c(ccc5ccccc15)OCCOc1cc(c(cc1OC)Cc1cc(c(OC)cc1C3)OCCOc1ccc3ccccc3c1-c1c(ccc3ccccc13)OC4)C2. The highest BCUT2D eigenvalue weighted by atomic mass is 16.6. The summed E-state index contributed by atoms with van der Waals surface area (Å²) in [6.45, 7) is 1.76. The van der Waals surface area contributed by atoms with Crippen LogP contribution in [0.3, 0.4) is 0 Å². The van der Waals surface area contributed by atoms with E-state index >= 15 is 0 Å². The molecule has 0 unspecified atom stereocenters. The van der Waals surface area contributed by atoms with E-state index in [-0.39, 0.29) is 59.5 Å². The normalized spacial score (nSPS) is 13.8. The van der Waals surface area contributed by atoms with Gasteiger partial charge in [0.1, 0.15) is 94.0 Å². The molecule has 0 saturated heterocycles. The lowest BCUT2D eigenvalue weighted by Crippen LogP contribution is -2.11. The van der Waals surface area contributed by atoms with E-state index in [4.69, 9.17) is 56.8 Å². The average Bonchev–Trinajstić information content (AvgIpc) is 1.37. The van der Waals surface area contributed by atoms with Gasteiger partial charge in [-0.1, -0.05) is 182 Å². The minimum atomic E-state index is 0.185. The summed E-state index contributed by atoms with van der Waals surface area (Å²) in [5.74, 6) is 7.65. The molecule has 12 heteroatoms. The lowest BCUT2D eigenvalue weighted by atomic mass is 9.92. The zero-order valence-electron chi connectivity index (χ0n) is 61.9. The van der Waals surface area contributed by atoms with Crippen LogP contribution in [0, 0.1) is 0 Å². The Morgan fingerprint density at radius 2 is 0.396 bits per heavy atom. The average molecular weight is 1460 g/mol. The molecule has 0 radical (unpaired) electrons. The number of rotatable bonds is 3. The number of ether oxygens (including phenoxy) is 12. The van der Waals surface area contributed by atoms with Crippen molar-refractivity contribution in [2.24, 2.45) is 0 Å². The molecule has 6 heterocycles. The first-order chi connectivity index (χ1) is 54.8. The highest BCUT2D eigenvalue weighted by molar-refractivity contribution is 6.12. The topological polar surface area (TPSA) is 111 Å². The molecule has 0 saturated carbocycles. The van der Waals surface area contributed by atoms with Gasteiger partial charge in [0.05, 0.1) is 21.3 Å². The van der Waals surface area contributed by atoms with Crippen molar-refractivity contribution in [3.63, 3.8) is 0 Å². The third kappa shape index (κ3) is 13.2. The Balaban J connectivity index is 0.836. The number of hydrogen-bond donors (Lipinski definition) is 0. The summed E-state index contributed by atoms with van der Waals surface area (Å²) in [4.78, 5) is 0. The lowest BCUT2D eigenvalue weighted by Gasteiger charge is -2.21. The van der Waals surface area contributed by atoms with Gasteiger partial charge in [0.2, 0.25) is 0 Å². The van der Waals surface area contributed by atoms with Crippen molar-refractivity contribution < 1.29 is 56.8 Å². The minimum absolute atomic E-state index is 0.185. The highest BCUT2D eigenvalue weighted by Crippen LogP contribution is 2.51. The molecule has 23 rings (SSSR count). The summed E-state index contributed by atoms with van der Waals surface area (Å²) in [7, 11) is 5.07. The van der Waals surface area contributed by atoms with Gasteiger partial charge >= 0.3 is 0 Å². The molecular weight excluding hydrogens is 1380 g/mol. The maximum atomic E-state index is 7.37. The van der Waals surface area contributed by atoms with E-state index in [9.17, 15) is 0 Å². The molecule has 0 atom stereocenters. The van der Waals surface area contributed by atoms with Crippen molar-refractivity contribution >= 4 is 64.6 Å². The third-order valence-corrected chi connectivity index (χ3v) is 21.8. The maximum absolute atomic E-state index is 7.37. The van der Waals surface area contributed by atoms with Crippen LogP contribution < -0.4 is 56.8 Å². The quantitative estimate of drug-likeness (QED) is 0.168. The van der Waals surface area contributed by atoms with Crippen molar-refractivity contribution in [3.05, 3.63) is 323 Å². The first-order valence-corrected chi connectivity index (χ1v) is 37.8. The zero-order valence-corrected chi connectivity index (χ0v) is 61.9. The molecule has 0 fully saturated rings. The minimum Gasteiger partial charge on any atom is -0.493 e. The van der Waals surface area contributed by atoms with Crippen LogP contribution in [0.2, 0.25) is 0 Å². The smallest absolute Gasteiger partial charge is 0.161 e. The van der Waals surface area contributed by atoms with E-state index < -0.39 is 0 Å². The van der Waals surface area contributed by atoms with Crippen molar-refractivity contribution in [2.75, 3.05) is 61.0 Å². The lowest BCUT2D eigenvalue weighted by molar-refractivity contribution is 0.211. The molecule has 546 valence electrons. The van der Waals surface area contributed by atoms with Gasteiger partial charge in [0, 0.05) is 33.4 Å². The van der Waals surface area contributed by atoms with Crippen LogP contribution in [0.4, 0.5) is 0 Å². The van der Waals surface area contributed by atoms with Crippen LogP contribution in [-0.2, 0) is 39.1 Å². The maximum Gasteiger partial charge on any atom is 0.161 e. The van der Waals surface area contributed by atoms with Crippen LogP contribution in [0.1, 0.15) is 50.1 Å². The van der Waals surface area contributed by atoms with Gasteiger partial charge in [-0.05, 0) is 225 Å². The molecule has 111 heavy (non-hydrogen) atoms. The van der Waals surface area contributed by atoms with E-state index in [1.54, 1.807) is 21.3 Å². The molecule has 16 aromatic carbocycles. The Labute approximate surface area is 643 Å². The fourth-order valence-electron chi connectivity index (χ4n) is 16.6. The standard InChI is InChI=1S/C99H78O12/c1-100-88-52-70-49-74-56-92-90(102-3)54-72(74)51-75-57-93-89(101-2)53-71(75)50-73(70)55-91(88)106-43-40-103-82-34-28-64-16-4-10-22-76(64)94(82)97-79-25-13-7-19-67(79)31-37-85(97)109-58-61-46-62(59-110-86-38-32-68-20-8-14-26-80(68)98(86)95-77-23-11-5-17-65(77)29-35-83(95)104-41-44-107-92)48-63(47-61)60-111-87-39-33-69-21-9-15-27-81(69)99(87)96-78-24-12-6-18-66(78)30-36-84(96)105-42-45-108-93/h4-39,46-48,52-57H,40-45,49-51,58-60H2,1-3H3. The summed E-state index contributed by atoms with van der Waals surface area (Å²) < 4.78 is 82.7. The Bertz CT molecular complexity index is 5700. The second kappa shape index (κ2) is 29.7. The van der Waals surface area contributed by atoms with E-state index in [1.165, 1.54) is 0 Å². The van der Waals surface area contributed by atoms with Crippen LogP contribution in [0.15, 0.2) is 273 Å². The molecule has 6 aliphatic heterocycles. The molecule has 0 N–H and O–H groups in total. The van der Waals surface area contributed by atoms with E-state index in [0.717, 1.165) is 148 Å². The molecule has 7 aliphatic rings. The molecule has 12 bridgehead atoms. The first kappa shape index (κ1) is 68.2. The molecule has 12 nitrogen and oxygen atoms in total. The van der Waals surface area contributed by atoms with Gasteiger partial charge < -0.3 is 56.8 Å². The van der Waals surface area contributed by atoms with Crippen molar-refractivity contribution in [1.29, 1.82) is 0 Å². The van der Waals surface area contributed by atoms with Crippen LogP contribution in [0.5, 0.6) is 69.0 Å². The number of methoxy groups -OCH3 is 3. The third-order valence-electron chi connectivity index (χ3n) is 21.8. The Hall–Kier alpha value is -13.3. The van der Waals surface area contributed by atoms with Crippen LogP contribution >= 0.6 is 0 Å². The Kier molecular flexibility index (Phi) is 18.2. The number of hydrogen-bond acceptors (Lipinski definition) is 12. The fourth-order valence-corrected chi connectivity index (χ4v) is 16.6. The van der Waals surface area contributed by atoms with Gasteiger partial charge in [-0.3, -0.25) is 0 Å². The predicted molar refractivity (Wildman–Crippen MR) is 440 cm³/mol. The molecule has 1 aliphatic carbocycles. The molecule has 16 aromatic rings. The summed E-state index contributed by atoms with van der Waals surface area (Å²) in [5, 5.41) is 12.4. The van der Waals surface area contributed by atoms with Crippen molar-refractivity contribution in [1.82, 2.24) is 0 Å². The van der Waals surface area contributed by atoms with Gasteiger partial charge in [-0.2, -0.15) is 0 Å². The fraction of sp³-hybridized carbons (Fsp3) is 0.152. The van der Waals surface area contributed by atoms with Crippen LogP contribution in [0.25, 0.3) is 98.0 Å². The van der Waals surface area contributed by atoms with Crippen molar-refractivity contribution in [3.8, 4) is 102 Å². The summed E-state index contributed by atoms with van der Waals surface area (Å²) in [5.41, 5.74) is 14.4. The Morgan fingerprint density at radius 1 is 0.198 bits per heavy atom. The van der Waals surface area contributed by atoms with Crippen molar-refractivity contribution in [2.45, 2.75) is 39.1 Å². The monoisotopic (exact) mass is 1460 g/mol. The van der Waals surface area contributed by atoms with Crippen LogP contribution in [-0.4, -0.2) is 61.0 Å². The highest BCUT2D eigenvalue weighted by Gasteiger charge is 2.28. The largest absolute Gasteiger partial charge is 0.493 e. The van der Waals surface area contributed by atoms with Gasteiger partial charge in [0.25, 0.3) is 0 Å². The summed E-state index contributed by atoms with van der Waals surface area (Å²) in [6.07, 6.45) is 1.59. The second-order valence-corrected chi connectivity index (χ2v) is 28.4. The zero-order chi connectivity index (χ0) is 74.3. The second-order valence-electron chi connectivity index (χ2n) is 28.4. The van der Waals surface area contributed by atoms with Gasteiger partial charge in [0.15, 0.2) is 34.5 Å². The van der Waals surface area contributed by atoms with Gasteiger partial charge in [-0.15, -0.1) is 0 Å². The van der Waals surface area contributed by atoms with Gasteiger partial charge in [-0.25, -0.2) is 0 Å². The molecule has 0 aromatic heterocycles. The first-order valence-electron chi connectivity index (χ1n) is 37.8.